The average Bonchev–Trinajstić information content (AvgIpc) is 2.43. The second kappa shape index (κ2) is 16.2. The van der Waals surface area contributed by atoms with Crippen LogP contribution in [0.15, 0.2) is 0 Å². The number of carboxylic acid groups (broad SMARTS) is 1. The predicted octanol–water partition coefficient (Wildman–Crippen LogP) is 6.24. The smallest absolute Gasteiger partial charge is 0.304 e. The Morgan fingerprint density at radius 2 is 1.19 bits per heavy atom. The van der Waals surface area contributed by atoms with Gasteiger partial charge in [0.2, 0.25) is 0 Å². The summed E-state index contributed by atoms with van der Waals surface area (Å²) in [6.07, 6.45) is 18.7. The lowest BCUT2D eigenvalue weighted by molar-refractivity contribution is -0.137. The molecule has 1 atom stereocenters. The van der Waals surface area contributed by atoms with Crippen LogP contribution in [0.5, 0.6) is 0 Å². The van der Waals surface area contributed by atoms with Crippen molar-refractivity contribution in [3.63, 3.8) is 0 Å². The Morgan fingerprint density at radius 3 is 1.57 bits per heavy atom. The Kier molecular flexibility index (Phi) is 16.1. The maximum atomic E-state index is 10.5. The van der Waals surface area contributed by atoms with Crippen LogP contribution in [-0.4, -0.2) is 16.3 Å². The SMILES string of the molecule is CCCCCCCCCCCCCCCC(S)CC(=O)O. The molecule has 1 N–H and O–H groups in total. The summed E-state index contributed by atoms with van der Waals surface area (Å²) in [7, 11) is 0. The zero-order valence-electron chi connectivity index (χ0n) is 14.0. The molecule has 0 rings (SSSR count). The number of carboxylic acids is 1. The quantitative estimate of drug-likeness (QED) is 0.261. The van der Waals surface area contributed by atoms with E-state index in [1.54, 1.807) is 0 Å². The lowest BCUT2D eigenvalue weighted by atomic mass is 10.0. The minimum atomic E-state index is -0.732. The van der Waals surface area contributed by atoms with E-state index >= 15 is 0 Å². The van der Waals surface area contributed by atoms with Gasteiger partial charge in [0, 0.05) is 5.25 Å². The second-order valence-corrected chi connectivity index (χ2v) is 7.01. The first-order valence-corrected chi connectivity index (χ1v) is 9.58. The van der Waals surface area contributed by atoms with Crippen LogP contribution in [0.2, 0.25) is 0 Å². The van der Waals surface area contributed by atoms with E-state index in [2.05, 4.69) is 19.6 Å². The molecule has 2 nitrogen and oxygen atoms in total. The van der Waals surface area contributed by atoms with Gasteiger partial charge in [-0.2, -0.15) is 12.6 Å². The zero-order valence-corrected chi connectivity index (χ0v) is 14.9. The fraction of sp³-hybridized carbons (Fsp3) is 0.944. The minimum Gasteiger partial charge on any atom is -0.481 e. The van der Waals surface area contributed by atoms with Gasteiger partial charge in [0.1, 0.15) is 0 Å². The van der Waals surface area contributed by atoms with E-state index in [1.165, 1.54) is 77.0 Å². The topological polar surface area (TPSA) is 37.3 Å². The molecule has 0 spiro atoms. The van der Waals surface area contributed by atoms with Crippen LogP contribution in [0.4, 0.5) is 0 Å². The molecule has 0 aromatic rings. The molecule has 21 heavy (non-hydrogen) atoms. The molecule has 1 unspecified atom stereocenters. The molecule has 0 aromatic heterocycles. The number of aliphatic carboxylic acids is 1. The van der Waals surface area contributed by atoms with Crippen LogP contribution in [-0.2, 0) is 4.79 Å². The van der Waals surface area contributed by atoms with Crippen LogP contribution in [0.25, 0.3) is 0 Å². The Hall–Kier alpha value is -0.180. The molecule has 0 heterocycles. The molecule has 0 amide bonds. The van der Waals surface area contributed by atoms with Gasteiger partial charge in [-0.25, -0.2) is 0 Å². The Labute approximate surface area is 137 Å². The van der Waals surface area contributed by atoms with Crippen molar-refractivity contribution in [3.05, 3.63) is 0 Å². The molecule has 0 aliphatic rings. The molecule has 0 fully saturated rings. The van der Waals surface area contributed by atoms with Crippen molar-refractivity contribution in [1.82, 2.24) is 0 Å². The molecule has 0 saturated carbocycles. The summed E-state index contributed by atoms with van der Waals surface area (Å²) in [4.78, 5) is 10.5. The molecule has 3 heteroatoms. The molecule has 0 aromatic carbocycles. The molecular formula is C18H36O2S. The average molecular weight is 317 g/mol. The first kappa shape index (κ1) is 20.8. The van der Waals surface area contributed by atoms with Gasteiger partial charge in [-0.3, -0.25) is 4.79 Å². The van der Waals surface area contributed by atoms with Gasteiger partial charge in [-0.1, -0.05) is 90.4 Å². The molecule has 0 radical (unpaired) electrons. The third-order valence-corrected chi connectivity index (χ3v) is 4.49. The number of thiol groups is 1. The lowest BCUT2D eigenvalue weighted by Crippen LogP contribution is -2.06. The summed E-state index contributed by atoms with van der Waals surface area (Å²) in [5, 5.41) is 8.68. The van der Waals surface area contributed by atoms with Gasteiger partial charge in [0.05, 0.1) is 6.42 Å². The number of unbranched alkanes of at least 4 members (excludes halogenated alkanes) is 12. The summed E-state index contributed by atoms with van der Waals surface area (Å²) >= 11 is 4.30. The van der Waals surface area contributed by atoms with E-state index in [4.69, 9.17) is 5.11 Å². The largest absolute Gasteiger partial charge is 0.481 e. The standard InChI is InChI=1S/C18H36O2S/c1-2-3-4-5-6-7-8-9-10-11-12-13-14-15-17(21)16-18(19)20/h17,21H,2-16H2,1H3,(H,19,20). The van der Waals surface area contributed by atoms with E-state index in [-0.39, 0.29) is 11.7 Å². The molecule has 0 aliphatic carbocycles. The fourth-order valence-electron chi connectivity index (χ4n) is 2.70. The van der Waals surface area contributed by atoms with E-state index in [0.29, 0.717) is 0 Å². The van der Waals surface area contributed by atoms with Gasteiger partial charge in [0.15, 0.2) is 0 Å². The maximum Gasteiger partial charge on any atom is 0.304 e. The number of hydrogen-bond donors (Lipinski definition) is 2. The van der Waals surface area contributed by atoms with E-state index in [9.17, 15) is 4.79 Å². The highest BCUT2D eigenvalue weighted by Gasteiger charge is 2.07. The lowest BCUT2D eigenvalue weighted by Gasteiger charge is -2.07. The Morgan fingerprint density at radius 1 is 0.810 bits per heavy atom. The molecule has 126 valence electrons. The third-order valence-electron chi connectivity index (χ3n) is 4.05. The molecular weight excluding hydrogens is 280 g/mol. The number of hydrogen-bond acceptors (Lipinski definition) is 2. The second-order valence-electron chi connectivity index (χ2n) is 6.28. The highest BCUT2D eigenvalue weighted by Crippen LogP contribution is 2.15. The summed E-state index contributed by atoms with van der Waals surface area (Å²) < 4.78 is 0. The van der Waals surface area contributed by atoms with Crippen LogP contribution in [0.1, 0.15) is 103 Å². The van der Waals surface area contributed by atoms with Crippen LogP contribution in [0.3, 0.4) is 0 Å². The van der Waals surface area contributed by atoms with Crippen LogP contribution >= 0.6 is 12.6 Å². The summed E-state index contributed by atoms with van der Waals surface area (Å²) in [5.41, 5.74) is 0. The molecule has 0 saturated heterocycles. The molecule has 0 aliphatic heterocycles. The maximum absolute atomic E-state index is 10.5. The predicted molar refractivity (Wildman–Crippen MR) is 95.3 cm³/mol. The van der Waals surface area contributed by atoms with Crippen molar-refractivity contribution >= 4 is 18.6 Å². The first-order valence-electron chi connectivity index (χ1n) is 9.06. The van der Waals surface area contributed by atoms with E-state index in [1.807, 2.05) is 0 Å². The van der Waals surface area contributed by atoms with Crippen molar-refractivity contribution < 1.29 is 9.90 Å². The zero-order chi connectivity index (χ0) is 15.8. The van der Waals surface area contributed by atoms with Gasteiger partial charge < -0.3 is 5.11 Å². The van der Waals surface area contributed by atoms with Gasteiger partial charge >= 0.3 is 5.97 Å². The monoisotopic (exact) mass is 316 g/mol. The fourth-order valence-corrected chi connectivity index (χ4v) is 3.04. The van der Waals surface area contributed by atoms with Crippen LogP contribution in [0, 0.1) is 0 Å². The van der Waals surface area contributed by atoms with Crippen molar-refractivity contribution in [1.29, 1.82) is 0 Å². The Balaban J connectivity index is 3.07. The minimum absolute atomic E-state index is 0.0372. The van der Waals surface area contributed by atoms with Gasteiger partial charge in [0.25, 0.3) is 0 Å². The van der Waals surface area contributed by atoms with Crippen molar-refractivity contribution in [2.24, 2.45) is 0 Å². The highest BCUT2D eigenvalue weighted by atomic mass is 32.1. The van der Waals surface area contributed by atoms with Crippen molar-refractivity contribution in [2.75, 3.05) is 0 Å². The van der Waals surface area contributed by atoms with Crippen molar-refractivity contribution in [2.45, 2.75) is 108 Å². The summed E-state index contributed by atoms with van der Waals surface area (Å²) in [6.45, 7) is 2.27. The Bertz CT molecular complexity index is 231. The number of rotatable bonds is 16. The highest BCUT2D eigenvalue weighted by molar-refractivity contribution is 7.81. The molecule has 0 bridgehead atoms. The normalized spacial score (nSPS) is 12.5. The summed E-state index contributed by atoms with van der Waals surface area (Å²) in [5.74, 6) is -0.732. The van der Waals surface area contributed by atoms with Crippen molar-refractivity contribution in [3.8, 4) is 0 Å². The summed E-state index contributed by atoms with van der Waals surface area (Å²) in [6, 6.07) is 0. The van der Waals surface area contributed by atoms with Gasteiger partial charge in [-0.05, 0) is 6.42 Å². The third kappa shape index (κ3) is 17.8. The van der Waals surface area contributed by atoms with E-state index < -0.39 is 5.97 Å². The van der Waals surface area contributed by atoms with Crippen LogP contribution < -0.4 is 0 Å². The van der Waals surface area contributed by atoms with Gasteiger partial charge in [-0.15, -0.1) is 0 Å². The first-order chi connectivity index (χ1) is 10.2. The van der Waals surface area contributed by atoms with E-state index in [0.717, 1.165) is 12.8 Å². The number of carbonyl (C=O) groups is 1.